The zero-order valence-electron chi connectivity index (χ0n) is 17.9. The number of hydrogen-bond acceptors (Lipinski definition) is 5. The highest BCUT2D eigenvalue weighted by Gasteiger charge is 2.37. The van der Waals surface area contributed by atoms with Gasteiger partial charge in [0, 0.05) is 32.2 Å². The number of hydrogen-bond donors (Lipinski definition) is 1. The van der Waals surface area contributed by atoms with Crippen LogP contribution in [0.2, 0.25) is 5.02 Å². The number of anilines is 1. The van der Waals surface area contributed by atoms with E-state index in [9.17, 15) is 18.0 Å². The summed E-state index contributed by atoms with van der Waals surface area (Å²) in [6.07, 6.45) is 2.04. The second-order valence-electron chi connectivity index (χ2n) is 8.60. The van der Waals surface area contributed by atoms with Crippen LogP contribution in [0.1, 0.15) is 24.0 Å². The van der Waals surface area contributed by atoms with Crippen LogP contribution in [-0.2, 0) is 32.6 Å². The van der Waals surface area contributed by atoms with Crippen molar-refractivity contribution in [1.29, 1.82) is 0 Å². The Morgan fingerprint density at radius 3 is 2.76 bits per heavy atom. The number of amides is 2. The van der Waals surface area contributed by atoms with Gasteiger partial charge in [0.05, 0.1) is 16.6 Å². The van der Waals surface area contributed by atoms with Crippen LogP contribution in [0, 0.1) is 5.92 Å². The Hall–Kier alpha value is -2.62. The molecule has 0 aromatic heterocycles. The molecule has 8 nitrogen and oxygen atoms in total. The van der Waals surface area contributed by atoms with Gasteiger partial charge < -0.3 is 15.0 Å². The summed E-state index contributed by atoms with van der Waals surface area (Å²) in [5.74, 6) is -0.473. The lowest BCUT2D eigenvalue weighted by Gasteiger charge is -2.36. The lowest BCUT2D eigenvalue weighted by molar-refractivity contribution is -0.137. The van der Waals surface area contributed by atoms with Gasteiger partial charge in [0.25, 0.3) is 5.91 Å². The molecule has 1 saturated heterocycles. The van der Waals surface area contributed by atoms with Gasteiger partial charge in [-0.05, 0) is 36.5 Å². The average molecular weight is 490 g/mol. The van der Waals surface area contributed by atoms with Crippen LogP contribution in [0.3, 0.4) is 0 Å². The lowest BCUT2D eigenvalue weighted by Crippen LogP contribution is -2.47. The predicted molar refractivity (Wildman–Crippen MR) is 123 cm³/mol. The van der Waals surface area contributed by atoms with Crippen molar-refractivity contribution in [2.24, 2.45) is 5.92 Å². The molecule has 2 amide bonds. The smallest absolute Gasteiger partial charge is 0.262 e. The third kappa shape index (κ3) is 4.20. The van der Waals surface area contributed by atoms with Crippen molar-refractivity contribution >= 4 is 39.1 Å². The van der Waals surface area contributed by atoms with E-state index in [0.29, 0.717) is 38.2 Å². The third-order valence-corrected chi connectivity index (χ3v) is 8.79. The van der Waals surface area contributed by atoms with Gasteiger partial charge in [-0.25, -0.2) is 8.42 Å². The molecule has 3 aliphatic heterocycles. The van der Waals surface area contributed by atoms with E-state index in [1.807, 2.05) is 23.1 Å². The Balaban J connectivity index is 1.34. The first-order valence-corrected chi connectivity index (χ1v) is 12.8. The highest BCUT2D eigenvalue weighted by molar-refractivity contribution is 7.89. The van der Waals surface area contributed by atoms with E-state index in [1.165, 1.54) is 22.0 Å². The Bertz CT molecular complexity index is 1230. The number of nitrogens with zero attached hydrogens (tertiary/aromatic N) is 2. The number of piperidine rings is 1. The molecule has 0 radical (unpaired) electrons. The van der Waals surface area contributed by atoms with Crippen LogP contribution < -0.4 is 10.1 Å². The minimum absolute atomic E-state index is 0.000590. The standard InChI is InChI=1S/C23H24ClN3O5S/c24-18-10-19-20(32-14-22(28)25-19)11-21(18)33(30,31)27-8-3-6-17(13-27)23(29)26-9-7-15-4-1-2-5-16(15)12-26/h1-2,4-5,10-11,17H,3,6-9,12-14H2,(H,25,28). The lowest BCUT2D eigenvalue weighted by atomic mass is 9.95. The van der Waals surface area contributed by atoms with E-state index in [2.05, 4.69) is 11.4 Å². The summed E-state index contributed by atoms with van der Waals surface area (Å²) in [7, 11) is -3.95. The summed E-state index contributed by atoms with van der Waals surface area (Å²) >= 11 is 6.29. The van der Waals surface area contributed by atoms with Gasteiger partial charge in [0.15, 0.2) is 6.61 Å². The molecule has 2 aromatic carbocycles. The maximum absolute atomic E-state index is 13.4. The molecule has 0 aliphatic carbocycles. The molecule has 2 aromatic rings. The van der Waals surface area contributed by atoms with Crippen LogP contribution in [0.5, 0.6) is 5.75 Å². The molecule has 33 heavy (non-hydrogen) atoms. The molecule has 0 saturated carbocycles. The molecule has 1 fully saturated rings. The minimum atomic E-state index is -3.95. The Morgan fingerprint density at radius 2 is 1.94 bits per heavy atom. The van der Waals surface area contributed by atoms with Crippen molar-refractivity contribution in [2.45, 2.75) is 30.7 Å². The third-order valence-electron chi connectivity index (χ3n) is 6.46. The summed E-state index contributed by atoms with van der Waals surface area (Å²) < 4.78 is 33.6. The molecule has 5 rings (SSSR count). The summed E-state index contributed by atoms with van der Waals surface area (Å²) in [5, 5.41) is 2.62. The van der Waals surface area contributed by atoms with Crippen LogP contribution in [0.15, 0.2) is 41.3 Å². The first-order valence-electron chi connectivity index (χ1n) is 10.9. The zero-order chi connectivity index (χ0) is 23.2. The summed E-state index contributed by atoms with van der Waals surface area (Å²) in [4.78, 5) is 26.6. The van der Waals surface area contributed by atoms with E-state index in [-0.39, 0.29) is 40.6 Å². The molecule has 1 unspecified atom stereocenters. The highest BCUT2D eigenvalue weighted by atomic mass is 35.5. The van der Waals surface area contributed by atoms with Crippen LogP contribution >= 0.6 is 11.6 Å². The van der Waals surface area contributed by atoms with Crippen molar-refractivity contribution in [3.8, 4) is 5.75 Å². The number of halogens is 1. The summed E-state index contributed by atoms with van der Waals surface area (Å²) in [5.41, 5.74) is 2.74. The molecular formula is C23H24ClN3O5S. The molecule has 1 atom stereocenters. The van der Waals surface area contributed by atoms with Crippen LogP contribution in [0.25, 0.3) is 0 Å². The quantitative estimate of drug-likeness (QED) is 0.715. The Labute approximate surface area is 197 Å². The van der Waals surface area contributed by atoms with Crippen molar-refractivity contribution < 1.29 is 22.7 Å². The molecule has 0 bridgehead atoms. The van der Waals surface area contributed by atoms with Crippen molar-refractivity contribution in [2.75, 3.05) is 31.6 Å². The number of sulfonamides is 1. The second kappa shape index (κ2) is 8.62. The molecule has 3 aliphatic rings. The zero-order valence-corrected chi connectivity index (χ0v) is 19.5. The Morgan fingerprint density at radius 1 is 1.15 bits per heavy atom. The molecule has 10 heteroatoms. The summed E-state index contributed by atoms with van der Waals surface area (Å²) in [6, 6.07) is 10.8. The minimum Gasteiger partial charge on any atom is -0.482 e. The highest BCUT2D eigenvalue weighted by Crippen LogP contribution is 2.38. The van der Waals surface area contributed by atoms with Gasteiger partial charge in [-0.1, -0.05) is 35.9 Å². The van der Waals surface area contributed by atoms with Crippen molar-refractivity contribution in [3.05, 3.63) is 52.5 Å². The number of rotatable bonds is 3. The van der Waals surface area contributed by atoms with E-state index in [1.54, 1.807) is 0 Å². The van der Waals surface area contributed by atoms with Gasteiger partial charge >= 0.3 is 0 Å². The van der Waals surface area contributed by atoms with Gasteiger partial charge in [0.1, 0.15) is 10.6 Å². The fourth-order valence-electron chi connectivity index (χ4n) is 4.72. The van der Waals surface area contributed by atoms with Crippen molar-refractivity contribution in [1.82, 2.24) is 9.21 Å². The largest absolute Gasteiger partial charge is 0.482 e. The van der Waals surface area contributed by atoms with E-state index in [4.69, 9.17) is 16.3 Å². The molecule has 3 heterocycles. The number of nitrogens with one attached hydrogen (secondary N) is 1. The van der Waals surface area contributed by atoms with Crippen LogP contribution in [0.4, 0.5) is 5.69 Å². The van der Waals surface area contributed by atoms with Gasteiger partial charge in [-0.3, -0.25) is 9.59 Å². The van der Waals surface area contributed by atoms with Gasteiger partial charge in [0.2, 0.25) is 15.9 Å². The topological polar surface area (TPSA) is 96.0 Å². The van der Waals surface area contributed by atoms with Gasteiger partial charge in [-0.15, -0.1) is 0 Å². The predicted octanol–water partition coefficient (Wildman–Crippen LogP) is 2.66. The van der Waals surface area contributed by atoms with E-state index < -0.39 is 15.9 Å². The second-order valence-corrected chi connectivity index (χ2v) is 10.9. The summed E-state index contributed by atoms with van der Waals surface area (Å²) in [6.45, 7) is 1.44. The first kappa shape index (κ1) is 22.2. The van der Waals surface area contributed by atoms with E-state index in [0.717, 1.165) is 12.0 Å². The van der Waals surface area contributed by atoms with E-state index >= 15 is 0 Å². The fraction of sp³-hybridized carbons (Fsp3) is 0.391. The molecule has 0 spiro atoms. The number of carbonyl (C=O) groups is 2. The maximum Gasteiger partial charge on any atom is 0.262 e. The average Bonchev–Trinajstić information content (AvgIpc) is 2.82. The molecule has 1 N–H and O–H groups in total. The SMILES string of the molecule is O=C1COc2cc(S(=O)(=O)N3CCCC(C(=O)N4CCc5ccccc5C4)C3)c(Cl)cc2N1. The molecular weight excluding hydrogens is 466 g/mol. The first-order chi connectivity index (χ1) is 15.8. The number of carbonyl (C=O) groups excluding carboxylic acids is 2. The van der Waals surface area contributed by atoms with Gasteiger partial charge in [-0.2, -0.15) is 4.31 Å². The normalized spacial score (nSPS) is 20.9. The maximum atomic E-state index is 13.4. The van der Waals surface area contributed by atoms with Crippen molar-refractivity contribution in [3.63, 3.8) is 0 Å². The number of fused-ring (bicyclic) bond motifs is 2. The Kier molecular flexibility index (Phi) is 5.80. The number of benzene rings is 2. The fourth-order valence-corrected chi connectivity index (χ4v) is 6.76. The van der Waals surface area contributed by atoms with Crippen LogP contribution in [-0.4, -0.2) is 55.7 Å². The monoisotopic (exact) mass is 489 g/mol. The number of ether oxygens (including phenoxy) is 1. The molecule has 174 valence electrons.